The fourth-order valence-electron chi connectivity index (χ4n) is 2.76. The number of amides is 2. The number of nitrogens with zero attached hydrogens (tertiary/aromatic N) is 2. The average molecular weight is 253 g/mol. The van der Waals surface area contributed by atoms with Gasteiger partial charge in [-0.1, -0.05) is 0 Å². The minimum absolute atomic E-state index is 0.0321. The van der Waals surface area contributed by atoms with Gasteiger partial charge >= 0.3 is 0 Å². The SMILES string of the molecule is CC(C)N1C(=O)CC(NCCN2CCCC2)C1=O. The lowest BCUT2D eigenvalue weighted by Gasteiger charge is -2.20. The number of likely N-dealkylation sites (tertiary alicyclic amines) is 2. The molecule has 1 N–H and O–H groups in total. The van der Waals surface area contributed by atoms with E-state index in [0.717, 1.165) is 26.2 Å². The lowest BCUT2D eigenvalue weighted by molar-refractivity contribution is -0.140. The van der Waals surface area contributed by atoms with E-state index >= 15 is 0 Å². The Bertz CT molecular complexity index is 324. The van der Waals surface area contributed by atoms with E-state index in [2.05, 4.69) is 10.2 Å². The van der Waals surface area contributed by atoms with Crippen LogP contribution in [0, 0.1) is 0 Å². The summed E-state index contributed by atoms with van der Waals surface area (Å²) in [5.74, 6) is -0.106. The van der Waals surface area contributed by atoms with Crippen LogP contribution in [0.5, 0.6) is 0 Å². The number of rotatable bonds is 5. The molecule has 2 heterocycles. The fourth-order valence-corrected chi connectivity index (χ4v) is 2.76. The normalized spacial score (nSPS) is 25.7. The van der Waals surface area contributed by atoms with Gasteiger partial charge in [-0.25, -0.2) is 0 Å². The van der Waals surface area contributed by atoms with Gasteiger partial charge in [0.2, 0.25) is 11.8 Å². The monoisotopic (exact) mass is 253 g/mol. The molecule has 0 aliphatic carbocycles. The highest BCUT2D eigenvalue weighted by atomic mass is 16.2. The molecule has 2 amide bonds. The highest BCUT2D eigenvalue weighted by Crippen LogP contribution is 2.16. The molecule has 5 heteroatoms. The molecule has 1 unspecified atom stereocenters. The summed E-state index contributed by atoms with van der Waals surface area (Å²) >= 11 is 0. The van der Waals surface area contributed by atoms with Crippen LogP contribution in [-0.2, 0) is 9.59 Å². The van der Waals surface area contributed by atoms with E-state index in [0.29, 0.717) is 6.42 Å². The van der Waals surface area contributed by atoms with Gasteiger partial charge in [-0.15, -0.1) is 0 Å². The summed E-state index contributed by atoms with van der Waals surface area (Å²) in [6.45, 7) is 7.84. The first kappa shape index (κ1) is 13.5. The van der Waals surface area contributed by atoms with Gasteiger partial charge in [0, 0.05) is 19.1 Å². The predicted molar refractivity (Wildman–Crippen MR) is 69.1 cm³/mol. The van der Waals surface area contributed by atoms with Crippen LogP contribution in [0.25, 0.3) is 0 Å². The molecule has 18 heavy (non-hydrogen) atoms. The van der Waals surface area contributed by atoms with E-state index in [4.69, 9.17) is 0 Å². The van der Waals surface area contributed by atoms with Crippen molar-refractivity contribution in [3.05, 3.63) is 0 Å². The Hall–Kier alpha value is -0.940. The minimum atomic E-state index is -0.303. The average Bonchev–Trinajstić information content (AvgIpc) is 2.88. The molecule has 1 atom stereocenters. The Balaban J connectivity index is 1.76. The second-order valence-corrected chi connectivity index (χ2v) is 5.46. The van der Waals surface area contributed by atoms with Crippen LogP contribution >= 0.6 is 0 Å². The molecule has 2 saturated heterocycles. The van der Waals surface area contributed by atoms with E-state index in [1.54, 1.807) is 0 Å². The van der Waals surface area contributed by atoms with Crippen LogP contribution in [0.3, 0.4) is 0 Å². The Kier molecular flexibility index (Phi) is 4.35. The van der Waals surface area contributed by atoms with Crippen LogP contribution in [0.1, 0.15) is 33.1 Å². The van der Waals surface area contributed by atoms with E-state index in [9.17, 15) is 9.59 Å². The van der Waals surface area contributed by atoms with Gasteiger partial charge in [0.25, 0.3) is 0 Å². The van der Waals surface area contributed by atoms with Gasteiger partial charge in [0.1, 0.15) is 0 Å². The van der Waals surface area contributed by atoms with Crippen LogP contribution < -0.4 is 5.32 Å². The molecule has 102 valence electrons. The number of carbonyl (C=O) groups excluding carboxylic acids is 2. The van der Waals surface area contributed by atoms with Crippen LogP contribution in [-0.4, -0.2) is 59.9 Å². The molecular formula is C13H23N3O2. The van der Waals surface area contributed by atoms with Gasteiger partial charge in [0.15, 0.2) is 0 Å². The van der Waals surface area contributed by atoms with Crippen LogP contribution in [0.2, 0.25) is 0 Å². The van der Waals surface area contributed by atoms with Crippen molar-refractivity contribution < 1.29 is 9.59 Å². The van der Waals surface area contributed by atoms with E-state index < -0.39 is 0 Å². The fraction of sp³-hybridized carbons (Fsp3) is 0.846. The lowest BCUT2D eigenvalue weighted by Crippen LogP contribution is -2.43. The van der Waals surface area contributed by atoms with Gasteiger partial charge in [0.05, 0.1) is 12.5 Å². The summed E-state index contributed by atoms with van der Waals surface area (Å²) < 4.78 is 0. The Morgan fingerprint density at radius 2 is 1.94 bits per heavy atom. The zero-order valence-electron chi connectivity index (χ0n) is 11.3. The number of nitrogens with one attached hydrogen (secondary N) is 1. The largest absolute Gasteiger partial charge is 0.304 e. The first-order chi connectivity index (χ1) is 8.59. The standard InChI is InChI=1S/C13H23N3O2/c1-10(2)16-12(17)9-11(13(16)18)14-5-8-15-6-3-4-7-15/h10-11,14H,3-9H2,1-2H3. The predicted octanol–water partition coefficient (Wildman–Crippen LogP) is 0.208. The molecule has 0 aromatic rings. The molecule has 2 fully saturated rings. The molecular weight excluding hydrogens is 230 g/mol. The molecule has 0 spiro atoms. The molecule has 0 bridgehead atoms. The highest BCUT2D eigenvalue weighted by molar-refractivity contribution is 6.05. The summed E-state index contributed by atoms with van der Waals surface area (Å²) in [5, 5.41) is 3.22. The van der Waals surface area contributed by atoms with Crippen molar-refractivity contribution in [2.24, 2.45) is 0 Å². The maximum Gasteiger partial charge on any atom is 0.247 e. The van der Waals surface area contributed by atoms with Gasteiger partial charge in [-0.05, 0) is 39.8 Å². The topological polar surface area (TPSA) is 52.7 Å². The van der Waals surface area contributed by atoms with Crippen molar-refractivity contribution in [2.45, 2.75) is 45.2 Å². The summed E-state index contributed by atoms with van der Waals surface area (Å²) in [4.78, 5) is 27.5. The number of carbonyl (C=O) groups is 2. The van der Waals surface area contributed by atoms with Gasteiger partial charge < -0.3 is 10.2 Å². The highest BCUT2D eigenvalue weighted by Gasteiger charge is 2.39. The molecule has 0 saturated carbocycles. The maximum absolute atomic E-state index is 12.0. The quantitative estimate of drug-likeness (QED) is 0.712. The number of hydrogen-bond donors (Lipinski definition) is 1. The van der Waals surface area contributed by atoms with Crippen LogP contribution in [0.15, 0.2) is 0 Å². The van der Waals surface area contributed by atoms with Gasteiger partial charge in [-0.3, -0.25) is 14.5 Å². The third kappa shape index (κ3) is 2.90. The van der Waals surface area contributed by atoms with E-state index in [-0.39, 0.29) is 23.9 Å². The summed E-state index contributed by atoms with van der Waals surface area (Å²) in [6, 6.07) is -0.335. The summed E-state index contributed by atoms with van der Waals surface area (Å²) in [5.41, 5.74) is 0. The zero-order valence-corrected chi connectivity index (χ0v) is 11.3. The van der Waals surface area contributed by atoms with Crippen molar-refractivity contribution in [1.29, 1.82) is 0 Å². The molecule has 2 aliphatic rings. The smallest absolute Gasteiger partial charge is 0.247 e. The van der Waals surface area contributed by atoms with Crippen molar-refractivity contribution >= 4 is 11.8 Å². The minimum Gasteiger partial charge on any atom is -0.304 e. The Morgan fingerprint density at radius 3 is 2.50 bits per heavy atom. The Labute approximate surface area is 108 Å². The first-order valence-corrected chi connectivity index (χ1v) is 6.91. The molecule has 5 nitrogen and oxygen atoms in total. The van der Waals surface area contributed by atoms with Gasteiger partial charge in [-0.2, -0.15) is 0 Å². The molecule has 0 aromatic carbocycles. The molecule has 2 rings (SSSR count). The number of hydrogen-bond acceptors (Lipinski definition) is 4. The molecule has 2 aliphatic heterocycles. The third-order valence-electron chi connectivity index (χ3n) is 3.72. The molecule has 0 radical (unpaired) electrons. The van der Waals surface area contributed by atoms with Crippen molar-refractivity contribution in [3.63, 3.8) is 0 Å². The third-order valence-corrected chi connectivity index (χ3v) is 3.72. The lowest BCUT2D eigenvalue weighted by atomic mass is 10.2. The number of imide groups is 1. The summed E-state index contributed by atoms with van der Waals surface area (Å²) in [7, 11) is 0. The van der Waals surface area contributed by atoms with E-state index in [1.165, 1.54) is 17.7 Å². The van der Waals surface area contributed by atoms with Crippen molar-refractivity contribution in [3.8, 4) is 0 Å². The second-order valence-electron chi connectivity index (χ2n) is 5.46. The van der Waals surface area contributed by atoms with E-state index in [1.807, 2.05) is 13.8 Å². The van der Waals surface area contributed by atoms with Crippen LogP contribution in [0.4, 0.5) is 0 Å². The zero-order chi connectivity index (χ0) is 13.1. The first-order valence-electron chi connectivity index (χ1n) is 6.91. The Morgan fingerprint density at radius 1 is 1.28 bits per heavy atom. The molecule has 0 aromatic heterocycles. The van der Waals surface area contributed by atoms with Crippen molar-refractivity contribution in [1.82, 2.24) is 15.1 Å². The van der Waals surface area contributed by atoms with Crippen molar-refractivity contribution in [2.75, 3.05) is 26.2 Å². The second kappa shape index (κ2) is 5.80. The maximum atomic E-state index is 12.0. The summed E-state index contributed by atoms with van der Waals surface area (Å²) in [6.07, 6.45) is 2.88.